The molecule has 1 rings (SSSR count). The van der Waals surface area contributed by atoms with Gasteiger partial charge in [-0.1, -0.05) is 20.8 Å². The molecule has 98 valence electrons. The Morgan fingerprint density at radius 1 is 1.29 bits per heavy atom. The third-order valence-electron chi connectivity index (χ3n) is 3.07. The number of aryl methyl sites for hydroxylation is 1. The Kier molecular flexibility index (Phi) is 5.62. The number of hydrogen-bond donors (Lipinski definition) is 1. The van der Waals surface area contributed by atoms with Gasteiger partial charge in [0, 0.05) is 13.0 Å². The van der Waals surface area contributed by atoms with E-state index < -0.39 is 0 Å². The van der Waals surface area contributed by atoms with Crippen molar-refractivity contribution in [3.63, 3.8) is 0 Å². The van der Waals surface area contributed by atoms with Crippen LogP contribution in [0.25, 0.3) is 0 Å². The molecule has 0 spiro atoms. The predicted molar refractivity (Wildman–Crippen MR) is 70.8 cm³/mol. The van der Waals surface area contributed by atoms with E-state index in [-0.39, 0.29) is 0 Å². The zero-order chi connectivity index (χ0) is 12.8. The van der Waals surface area contributed by atoms with E-state index in [2.05, 4.69) is 35.5 Å². The topological polar surface area (TPSA) is 56.7 Å². The molecule has 0 unspecified atom stereocenters. The lowest BCUT2D eigenvalue weighted by Gasteiger charge is -2.17. The smallest absolute Gasteiger partial charge is 0.133 e. The van der Waals surface area contributed by atoms with Crippen molar-refractivity contribution in [1.82, 2.24) is 14.8 Å². The number of hydrogen-bond acceptors (Lipinski definition) is 3. The second-order valence-electron chi connectivity index (χ2n) is 5.25. The first kappa shape index (κ1) is 14.2. The van der Waals surface area contributed by atoms with E-state index in [9.17, 15) is 0 Å². The Hall–Kier alpha value is -0.900. The van der Waals surface area contributed by atoms with Crippen LogP contribution < -0.4 is 5.73 Å². The van der Waals surface area contributed by atoms with Gasteiger partial charge in [-0.25, -0.2) is 0 Å². The molecule has 4 heteroatoms. The van der Waals surface area contributed by atoms with Crippen LogP contribution in [0.4, 0.5) is 0 Å². The van der Waals surface area contributed by atoms with Gasteiger partial charge in [0.15, 0.2) is 0 Å². The van der Waals surface area contributed by atoms with Gasteiger partial charge in [-0.15, -0.1) is 10.2 Å². The van der Waals surface area contributed by atoms with Gasteiger partial charge in [-0.2, -0.15) is 0 Å². The van der Waals surface area contributed by atoms with Crippen LogP contribution in [-0.4, -0.2) is 21.3 Å². The van der Waals surface area contributed by atoms with Crippen LogP contribution >= 0.6 is 0 Å². The maximum Gasteiger partial charge on any atom is 0.133 e. The van der Waals surface area contributed by atoms with E-state index in [0.717, 1.165) is 44.0 Å². The van der Waals surface area contributed by atoms with Crippen LogP contribution in [0, 0.1) is 18.8 Å². The minimum atomic E-state index is 0.522. The lowest BCUT2D eigenvalue weighted by Crippen LogP contribution is -2.21. The van der Waals surface area contributed by atoms with E-state index >= 15 is 0 Å². The fraction of sp³-hybridized carbons (Fsp3) is 0.846. The number of nitrogens with two attached hydrogens (primary N) is 1. The van der Waals surface area contributed by atoms with Crippen molar-refractivity contribution in [2.45, 2.75) is 53.5 Å². The molecule has 1 aromatic rings. The minimum absolute atomic E-state index is 0.522. The summed E-state index contributed by atoms with van der Waals surface area (Å²) in [5.74, 6) is 3.32. The maximum absolute atomic E-state index is 5.84. The normalized spacial score (nSPS) is 13.3. The van der Waals surface area contributed by atoms with Crippen molar-refractivity contribution in [2.75, 3.05) is 6.54 Å². The predicted octanol–water partition coefficient (Wildman–Crippen LogP) is 2.16. The summed E-state index contributed by atoms with van der Waals surface area (Å²) in [6.45, 7) is 10.4. The zero-order valence-electron chi connectivity index (χ0n) is 11.6. The molecule has 1 aromatic heterocycles. The van der Waals surface area contributed by atoms with E-state index in [1.807, 2.05) is 6.92 Å². The Bertz CT molecular complexity index is 330. The molecule has 0 aliphatic rings. The van der Waals surface area contributed by atoms with Gasteiger partial charge in [0.05, 0.1) is 0 Å². The van der Waals surface area contributed by atoms with Gasteiger partial charge in [0.2, 0.25) is 0 Å². The molecule has 0 amide bonds. The first-order valence-corrected chi connectivity index (χ1v) is 6.67. The zero-order valence-corrected chi connectivity index (χ0v) is 11.6. The minimum Gasteiger partial charge on any atom is -0.330 e. The van der Waals surface area contributed by atoms with E-state index in [1.54, 1.807) is 0 Å². The maximum atomic E-state index is 5.84. The molecular formula is C13H26N4. The molecule has 0 radical (unpaired) electrons. The monoisotopic (exact) mass is 238 g/mol. The molecule has 0 saturated carbocycles. The third kappa shape index (κ3) is 4.11. The molecule has 4 nitrogen and oxygen atoms in total. The van der Waals surface area contributed by atoms with Crippen LogP contribution in [0.3, 0.4) is 0 Å². The molecule has 2 N–H and O–H groups in total. The molecule has 0 aliphatic carbocycles. The SMILES string of the molecule is CCCn1c(C)nnc1C[C@@H](CN)CC(C)C. The Labute approximate surface area is 105 Å². The molecule has 0 aromatic carbocycles. The van der Waals surface area contributed by atoms with Crippen molar-refractivity contribution >= 4 is 0 Å². The Morgan fingerprint density at radius 3 is 2.53 bits per heavy atom. The summed E-state index contributed by atoms with van der Waals surface area (Å²) in [4.78, 5) is 0. The molecule has 0 aliphatic heterocycles. The summed E-state index contributed by atoms with van der Waals surface area (Å²) in [6, 6.07) is 0. The molecule has 0 bridgehead atoms. The van der Waals surface area contributed by atoms with Crippen molar-refractivity contribution in [2.24, 2.45) is 17.6 Å². The van der Waals surface area contributed by atoms with Crippen molar-refractivity contribution in [3.05, 3.63) is 11.6 Å². The molecule has 1 heterocycles. The second kappa shape index (κ2) is 6.74. The van der Waals surface area contributed by atoms with E-state index in [1.165, 1.54) is 0 Å². The van der Waals surface area contributed by atoms with E-state index in [4.69, 9.17) is 5.73 Å². The average molecular weight is 238 g/mol. The number of rotatable bonds is 7. The second-order valence-corrected chi connectivity index (χ2v) is 5.25. The van der Waals surface area contributed by atoms with Crippen LogP contribution in [0.15, 0.2) is 0 Å². The van der Waals surface area contributed by atoms with Crippen LogP contribution in [0.5, 0.6) is 0 Å². The van der Waals surface area contributed by atoms with Crippen molar-refractivity contribution < 1.29 is 0 Å². The largest absolute Gasteiger partial charge is 0.330 e. The first-order chi connectivity index (χ1) is 8.08. The molecule has 0 saturated heterocycles. The van der Waals surface area contributed by atoms with Crippen LogP contribution in [-0.2, 0) is 13.0 Å². The van der Waals surface area contributed by atoms with Crippen molar-refractivity contribution in [3.8, 4) is 0 Å². The highest BCUT2D eigenvalue weighted by atomic mass is 15.3. The molecule has 0 fully saturated rings. The number of nitrogens with zero attached hydrogens (tertiary/aromatic N) is 3. The van der Waals surface area contributed by atoms with Gasteiger partial charge >= 0.3 is 0 Å². The van der Waals surface area contributed by atoms with Crippen LogP contribution in [0.2, 0.25) is 0 Å². The highest BCUT2D eigenvalue weighted by Crippen LogP contribution is 2.16. The summed E-state index contributed by atoms with van der Waals surface area (Å²) >= 11 is 0. The summed E-state index contributed by atoms with van der Waals surface area (Å²) in [5, 5.41) is 8.46. The lowest BCUT2D eigenvalue weighted by atomic mass is 9.94. The summed E-state index contributed by atoms with van der Waals surface area (Å²) in [6.07, 6.45) is 3.23. The fourth-order valence-electron chi connectivity index (χ4n) is 2.28. The van der Waals surface area contributed by atoms with Crippen LogP contribution in [0.1, 0.15) is 45.3 Å². The summed E-state index contributed by atoms with van der Waals surface area (Å²) < 4.78 is 2.23. The summed E-state index contributed by atoms with van der Waals surface area (Å²) in [7, 11) is 0. The quantitative estimate of drug-likeness (QED) is 0.792. The highest BCUT2D eigenvalue weighted by Gasteiger charge is 2.15. The molecule has 17 heavy (non-hydrogen) atoms. The van der Waals surface area contributed by atoms with Crippen molar-refractivity contribution in [1.29, 1.82) is 0 Å². The fourth-order valence-corrected chi connectivity index (χ4v) is 2.28. The standard InChI is InChI=1S/C13H26N4/c1-5-6-17-11(4)15-16-13(17)8-12(9-14)7-10(2)3/h10,12H,5-9,14H2,1-4H3/t12-/m0/s1. The molecule has 1 atom stereocenters. The van der Waals surface area contributed by atoms with Gasteiger partial charge in [0.1, 0.15) is 11.6 Å². The number of aromatic nitrogens is 3. The Balaban J connectivity index is 2.71. The van der Waals surface area contributed by atoms with Gasteiger partial charge in [-0.3, -0.25) is 0 Å². The van der Waals surface area contributed by atoms with Gasteiger partial charge in [-0.05, 0) is 38.1 Å². The first-order valence-electron chi connectivity index (χ1n) is 6.67. The summed E-state index contributed by atoms with van der Waals surface area (Å²) in [5.41, 5.74) is 5.84. The third-order valence-corrected chi connectivity index (χ3v) is 3.07. The average Bonchev–Trinajstić information content (AvgIpc) is 2.60. The molecular weight excluding hydrogens is 212 g/mol. The van der Waals surface area contributed by atoms with E-state index in [0.29, 0.717) is 11.8 Å². The van der Waals surface area contributed by atoms with Gasteiger partial charge < -0.3 is 10.3 Å². The van der Waals surface area contributed by atoms with Gasteiger partial charge in [0.25, 0.3) is 0 Å². The lowest BCUT2D eigenvalue weighted by molar-refractivity contribution is 0.401. The highest BCUT2D eigenvalue weighted by molar-refractivity contribution is 4.95. The Morgan fingerprint density at radius 2 is 2.00 bits per heavy atom.